The number of aromatic carboxylic acids is 1. The zero-order chi connectivity index (χ0) is 25.8. The average molecular weight is 527 g/mol. The number of nitrogens with zero attached hydrogens (tertiary/aromatic N) is 2. The van der Waals surface area contributed by atoms with E-state index in [0.717, 1.165) is 11.8 Å². The molecule has 184 valence electrons. The Hall–Kier alpha value is -3.82. The second-order valence-electron chi connectivity index (χ2n) is 7.64. The minimum Gasteiger partial charge on any atom is -0.493 e. The summed E-state index contributed by atoms with van der Waals surface area (Å²) in [5, 5.41) is 9.82. The van der Waals surface area contributed by atoms with Crippen molar-refractivity contribution in [3.8, 4) is 11.5 Å². The summed E-state index contributed by atoms with van der Waals surface area (Å²) in [6.07, 6.45) is 1.65. The number of thioether (sulfide) groups is 1. The highest BCUT2D eigenvalue weighted by Gasteiger charge is 2.30. The van der Waals surface area contributed by atoms with E-state index in [1.54, 1.807) is 55.6 Å². The van der Waals surface area contributed by atoms with Crippen molar-refractivity contribution < 1.29 is 28.6 Å². The fourth-order valence-electron chi connectivity index (χ4n) is 3.35. The number of hydrogen-bond acceptors (Lipinski definition) is 6. The van der Waals surface area contributed by atoms with E-state index in [9.17, 15) is 19.1 Å². The van der Waals surface area contributed by atoms with E-state index in [1.165, 1.54) is 30.2 Å². The van der Waals surface area contributed by atoms with Gasteiger partial charge < -0.3 is 14.6 Å². The molecule has 1 aliphatic heterocycles. The van der Waals surface area contributed by atoms with Crippen molar-refractivity contribution in [3.63, 3.8) is 0 Å². The van der Waals surface area contributed by atoms with E-state index in [-0.39, 0.29) is 34.7 Å². The Balaban J connectivity index is 1.58. The number of likely N-dealkylation sites (N-methyl/N-ethyl adjacent to an activating group) is 1. The van der Waals surface area contributed by atoms with Gasteiger partial charge in [-0.15, -0.1) is 0 Å². The Morgan fingerprint density at radius 3 is 2.69 bits per heavy atom. The van der Waals surface area contributed by atoms with Gasteiger partial charge in [0.25, 0.3) is 5.91 Å². The Morgan fingerprint density at radius 1 is 1.19 bits per heavy atom. The molecule has 4 rings (SSSR count). The summed E-state index contributed by atoms with van der Waals surface area (Å²) in [4.78, 5) is 30.2. The third kappa shape index (κ3) is 5.53. The summed E-state index contributed by atoms with van der Waals surface area (Å²) in [7, 11) is 3.04. The number of amidine groups is 1. The summed E-state index contributed by atoms with van der Waals surface area (Å²) in [5.74, 6) is -1.14. The number of ether oxygens (including phenoxy) is 2. The van der Waals surface area contributed by atoms with Crippen LogP contribution in [-0.4, -0.2) is 41.2 Å². The van der Waals surface area contributed by atoms with Crippen LogP contribution in [-0.2, 0) is 11.4 Å². The number of methoxy groups -OCH3 is 1. The molecule has 3 aromatic rings. The number of carboxylic acid groups (broad SMARTS) is 1. The van der Waals surface area contributed by atoms with Crippen molar-refractivity contribution in [2.24, 2.45) is 4.99 Å². The van der Waals surface area contributed by atoms with Crippen LogP contribution in [0.5, 0.6) is 11.5 Å². The van der Waals surface area contributed by atoms with E-state index in [2.05, 4.69) is 4.99 Å². The molecule has 0 bridgehead atoms. The Morgan fingerprint density at radius 2 is 1.97 bits per heavy atom. The molecule has 1 fully saturated rings. The third-order valence-corrected chi connectivity index (χ3v) is 6.54. The summed E-state index contributed by atoms with van der Waals surface area (Å²) in [6, 6.07) is 15.7. The normalized spacial score (nSPS) is 15.6. The highest BCUT2D eigenvalue weighted by molar-refractivity contribution is 8.18. The number of carboxylic acids is 1. The van der Waals surface area contributed by atoms with Gasteiger partial charge in [-0.2, -0.15) is 0 Å². The summed E-state index contributed by atoms with van der Waals surface area (Å²) in [5.41, 5.74) is 1.48. The van der Waals surface area contributed by atoms with Gasteiger partial charge >= 0.3 is 5.97 Å². The van der Waals surface area contributed by atoms with Gasteiger partial charge in [-0.3, -0.25) is 9.69 Å². The minimum atomic E-state index is -1.06. The molecule has 0 spiro atoms. The molecule has 0 saturated carbocycles. The van der Waals surface area contributed by atoms with Crippen LogP contribution in [0.3, 0.4) is 0 Å². The van der Waals surface area contributed by atoms with Crippen molar-refractivity contribution in [2.75, 3.05) is 14.2 Å². The number of hydrogen-bond donors (Lipinski definition) is 1. The topological polar surface area (TPSA) is 88.4 Å². The Labute approximate surface area is 215 Å². The van der Waals surface area contributed by atoms with Gasteiger partial charge in [0.2, 0.25) is 0 Å². The molecule has 10 heteroatoms. The minimum absolute atomic E-state index is 0.0365. The summed E-state index contributed by atoms with van der Waals surface area (Å²) in [6.45, 7) is -0.0365. The standard InChI is InChI=1S/C26H20ClFN2O5S/c1-30-24(31)22(36-26(30)29-18-8-5-7-16(13-18)25(32)33)12-15-10-19(27)23(21(11-15)34-2)35-14-17-6-3-4-9-20(17)28/h3-13H,14H2,1-2H3,(H,32,33)/b22-12-,29-26?. The van der Waals surface area contributed by atoms with Gasteiger partial charge in [0.15, 0.2) is 16.7 Å². The lowest BCUT2D eigenvalue weighted by molar-refractivity contribution is -0.121. The van der Waals surface area contributed by atoms with Crippen LogP contribution in [0.4, 0.5) is 10.1 Å². The molecule has 0 radical (unpaired) electrons. The molecule has 0 aliphatic carbocycles. The van der Waals surface area contributed by atoms with Crippen molar-refractivity contribution in [3.05, 3.63) is 93.1 Å². The molecule has 1 aliphatic rings. The van der Waals surface area contributed by atoms with Crippen LogP contribution in [0.15, 0.2) is 70.6 Å². The molecule has 0 atom stereocenters. The van der Waals surface area contributed by atoms with Crippen LogP contribution in [0, 0.1) is 5.82 Å². The van der Waals surface area contributed by atoms with Crippen LogP contribution >= 0.6 is 23.4 Å². The molecule has 1 heterocycles. The summed E-state index contributed by atoms with van der Waals surface area (Å²) < 4.78 is 25.1. The summed E-state index contributed by atoms with van der Waals surface area (Å²) >= 11 is 7.59. The van der Waals surface area contributed by atoms with Crippen molar-refractivity contribution in [1.29, 1.82) is 0 Å². The lowest BCUT2D eigenvalue weighted by Crippen LogP contribution is -2.23. The molecular weight excluding hydrogens is 507 g/mol. The quantitative estimate of drug-likeness (QED) is 0.380. The lowest BCUT2D eigenvalue weighted by atomic mass is 10.1. The zero-order valence-electron chi connectivity index (χ0n) is 19.2. The molecule has 7 nitrogen and oxygen atoms in total. The van der Waals surface area contributed by atoms with Gasteiger partial charge in [0.1, 0.15) is 12.4 Å². The van der Waals surface area contributed by atoms with Gasteiger partial charge in [-0.25, -0.2) is 14.2 Å². The predicted molar refractivity (Wildman–Crippen MR) is 138 cm³/mol. The number of carbonyl (C=O) groups is 2. The lowest BCUT2D eigenvalue weighted by Gasteiger charge is -2.14. The maximum Gasteiger partial charge on any atom is 0.335 e. The molecular formula is C26H20ClFN2O5S. The van der Waals surface area contributed by atoms with Crippen LogP contribution in [0.1, 0.15) is 21.5 Å². The maximum absolute atomic E-state index is 13.9. The predicted octanol–water partition coefficient (Wildman–Crippen LogP) is 6.00. The van der Waals surface area contributed by atoms with Gasteiger partial charge in [0, 0.05) is 12.6 Å². The largest absolute Gasteiger partial charge is 0.493 e. The molecule has 1 N–H and O–H groups in total. The second kappa shape index (κ2) is 10.8. The molecule has 1 saturated heterocycles. The highest BCUT2D eigenvalue weighted by Crippen LogP contribution is 2.39. The van der Waals surface area contributed by atoms with E-state index < -0.39 is 5.97 Å². The molecule has 3 aromatic carbocycles. The van der Waals surface area contributed by atoms with Crippen molar-refractivity contribution >= 4 is 52.2 Å². The van der Waals surface area contributed by atoms with E-state index in [0.29, 0.717) is 32.6 Å². The average Bonchev–Trinajstić information content (AvgIpc) is 3.11. The fraction of sp³-hybridized carbons (Fsp3) is 0.115. The monoisotopic (exact) mass is 526 g/mol. The van der Waals surface area contributed by atoms with E-state index in [1.807, 2.05) is 0 Å². The first-order valence-corrected chi connectivity index (χ1v) is 11.8. The van der Waals surface area contributed by atoms with Crippen molar-refractivity contribution in [1.82, 2.24) is 4.90 Å². The first-order chi connectivity index (χ1) is 17.3. The second-order valence-corrected chi connectivity index (χ2v) is 9.06. The van der Waals surface area contributed by atoms with Crippen LogP contribution in [0.2, 0.25) is 5.02 Å². The maximum atomic E-state index is 13.9. The van der Waals surface area contributed by atoms with E-state index in [4.69, 9.17) is 21.1 Å². The molecule has 0 unspecified atom stereocenters. The number of benzene rings is 3. The number of amides is 1. The fourth-order valence-corrected chi connectivity index (χ4v) is 4.61. The van der Waals surface area contributed by atoms with Crippen LogP contribution in [0.25, 0.3) is 6.08 Å². The third-order valence-electron chi connectivity index (χ3n) is 5.20. The van der Waals surface area contributed by atoms with Gasteiger partial charge in [0.05, 0.1) is 28.3 Å². The molecule has 36 heavy (non-hydrogen) atoms. The number of aliphatic imine (C=N–C) groups is 1. The zero-order valence-corrected chi connectivity index (χ0v) is 20.8. The van der Waals surface area contributed by atoms with Gasteiger partial charge in [-0.1, -0.05) is 35.9 Å². The van der Waals surface area contributed by atoms with E-state index >= 15 is 0 Å². The smallest absolute Gasteiger partial charge is 0.335 e. The number of carbonyl (C=O) groups excluding carboxylic acids is 1. The Bertz CT molecular complexity index is 1410. The highest BCUT2D eigenvalue weighted by atomic mass is 35.5. The Kier molecular flexibility index (Phi) is 7.61. The van der Waals surface area contributed by atoms with Crippen LogP contribution < -0.4 is 9.47 Å². The SMILES string of the molecule is COc1cc(/C=C2\SC(=Nc3cccc(C(=O)O)c3)N(C)C2=O)cc(Cl)c1OCc1ccccc1F. The molecule has 0 aromatic heterocycles. The first kappa shape index (κ1) is 25.3. The molecule has 1 amide bonds. The number of rotatable bonds is 7. The first-order valence-electron chi connectivity index (χ1n) is 10.6. The number of halogens is 2. The van der Waals surface area contributed by atoms with Gasteiger partial charge in [-0.05, 0) is 59.8 Å². The van der Waals surface area contributed by atoms with Crippen molar-refractivity contribution in [2.45, 2.75) is 6.61 Å².